The summed E-state index contributed by atoms with van der Waals surface area (Å²) in [5.41, 5.74) is -0.261. The Labute approximate surface area is 121 Å². The Morgan fingerprint density at radius 3 is 2.50 bits per heavy atom. The van der Waals surface area contributed by atoms with E-state index in [0.717, 1.165) is 24.2 Å². The van der Waals surface area contributed by atoms with Crippen molar-refractivity contribution in [1.82, 2.24) is 0 Å². The standard InChI is InChI=1S/C17H26O3/c1-12(2)20-15-6-4-5-14(11-15)16(18)17(19)9-7-13(3)8-10-17/h4-6,11-13,16,18-19H,7-10H2,1-3H3. The molecular weight excluding hydrogens is 252 g/mol. The molecule has 1 aromatic rings. The molecule has 0 heterocycles. The molecule has 2 rings (SSSR count). The maximum Gasteiger partial charge on any atom is 0.120 e. The molecule has 0 spiro atoms. The van der Waals surface area contributed by atoms with Gasteiger partial charge in [-0.3, -0.25) is 0 Å². The van der Waals surface area contributed by atoms with Crippen LogP contribution in [-0.2, 0) is 0 Å². The average molecular weight is 278 g/mol. The van der Waals surface area contributed by atoms with E-state index in [1.54, 1.807) is 0 Å². The molecule has 20 heavy (non-hydrogen) atoms. The molecule has 1 saturated carbocycles. The fourth-order valence-corrected chi connectivity index (χ4v) is 2.88. The van der Waals surface area contributed by atoms with Crippen LogP contribution >= 0.6 is 0 Å². The number of benzene rings is 1. The quantitative estimate of drug-likeness (QED) is 0.887. The topological polar surface area (TPSA) is 49.7 Å². The Morgan fingerprint density at radius 1 is 1.25 bits per heavy atom. The number of hydrogen-bond donors (Lipinski definition) is 2. The third-order valence-electron chi connectivity index (χ3n) is 4.19. The van der Waals surface area contributed by atoms with Crippen LogP contribution in [0.1, 0.15) is 58.1 Å². The lowest BCUT2D eigenvalue weighted by atomic mass is 9.75. The van der Waals surface area contributed by atoms with Crippen LogP contribution in [0.25, 0.3) is 0 Å². The van der Waals surface area contributed by atoms with Gasteiger partial charge in [0.15, 0.2) is 0 Å². The van der Waals surface area contributed by atoms with E-state index in [9.17, 15) is 10.2 Å². The average Bonchev–Trinajstić information content (AvgIpc) is 2.41. The van der Waals surface area contributed by atoms with Gasteiger partial charge in [-0.1, -0.05) is 19.1 Å². The van der Waals surface area contributed by atoms with Crippen LogP contribution in [0.2, 0.25) is 0 Å². The molecule has 0 amide bonds. The van der Waals surface area contributed by atoms with E-state index in [2.05, 4.69) is 6.92 Å². The van der Waals surface area contributed by atoms with E-state index in [-0.39, 0.29) is 6.10 Å². The van der Waals surface area contributed by atoms with Gasteiger partial charge in [0.1, 0.15) is 11.9 Å². The molecule has 0 radical (unpaired) electrons. The summed E-state index contributed by atoms with van der Waals surface area (Å²) in [5, 5.41) is 21.2. The first-order chi connectivity index (χ1) is 9.40. The zero-order valence-corrected chi connectivity index (χ0v) is 12.7. The van der Waals surface area contributed by atoms with Crippen LogP contribution in [0.5, 0.6) is 5.75 Å². The molecule has 2 N–H and O–H groups in total. The number of rotatable bonds is 4. The Hall–Kier alpha value is -1.06. The highest BCUT2D eigenvalue weighted by atomic mass is 16.5. The van der Waals surface area contributed by atoms with Crippen LogP contribution in [0.15, 0.2) is 24.3 Å². The van der Waals surface area contributed by atoms with Crippen molar-refractivity contribution in [2.24, 2.45) is 5.92 Å². The van der Waals surface area contributed by atoms with Gasteiger partial charge in [0.05, 0.1) is 11.7 Å². The summed E-state index contributed by atoms with van der Waals surface area (Å²) in [5.74, 6) is 1.38. The second-order valence-electron chi connectivity index (χ2n) is 6.43. The van der Waals surface area contributed by atoms with Crippen molar-refractivity contribution in [3.8, 4) is 5.75 Å². The normalized spacial score (nSPS) is 28.4. The molecule has 3 heteroatoms. The largest absolute Gasteiger partial charge is 0.491 e. The summed E-state index contributed by atoms with van der Waals surface area (Å²) in [7, 11) is 0. The second-order valence-corrected chi connectivity index (χ2v) is 6.43. The van der Waals surface area contributed by atoms with Gasteiger partial charge in [-0.25, -0.2) is 0 Å². The summed E-state index contributed by atoms with van der Waals surface area (Å²) in [4.78, 5) is 0. The first-order valence-electron chi connectivity index (χ1n) is 7.58. The van der Waals surface area contributed by atoms with Gasteiger partial charge >= 0.3 is 0 Å². The molecule has 1 aliphatic rings. The van der Waals surface area contributed by atoms with E-state index >= 15 is 0 Å². The SMILES string of the molecule is CC1CCC(O)(C(O)c2cccc(OC(C)C)c2)CC1. The molecular formula is C17H26O3. The van der Waals surface area contributed by atoms with Gasteiger partial charge in [-0.2, -0.15) is 0 Å². The van der Waals surface area contributed by atoms with E-state index in [4.69, 9.17) is 4.74 Å². The molecule has 1 fully saturated rings. The van der Waals surface area contributed by atoms with Crippen LogP contribution in [0.4, 0.5) is 0 Å². The summed E-state index contributed by atoms with van der Waals surface area (Å²) >= 11 is 0. The van der Waals surface area contributed by atoms with E-state index in [1.165, 1.54) is 0 Å². The Bertz CT molecular complexity index is 434. The molecule has 1 unspecified atom stereocenters. The smallest absolute Gasteiger partial charge is 0.120 e. The van der Waals surface area contributed by atoms with Crippen molar-refractivity contribution in [2.45, 2.75) is 64.3 Å². The lowest BCUT2D eigenvalue weighted by molar-refractivity contribution is -0.105. The van der Waals surface area contributed by atoms with Gasteiger partial charge in [-0.15, -0.1) is 0 Å². The van der Waals surface area contributed by atoms with Crippen LogP contribution < -0.4 is 4.74 Å². The van der Waals surface area contributed by atoms with Gasteiger partial charge in [-0.05, 0) is 63.1 Å². The first kappa shape index (κ1) is 15.3. The van der Waals surface area contributed by atoms with Crippen LogP contribution in [0.3, 0.4) is 0 Å². The Morgan fingerprint density at radius 2 is 1.90 bits per heavy atom. The maximum atomic E-state index is 10.7. The van der Waals surface area contributed by atoms with Gasteiger partial charge in [0.25, 0.3) is 0 Å². The monoisotopic (exact) mass is 278 g/mol. The number of aliphatic hydroxyl groups excluding tert-OH is 1. The number of hydrogen-bond acceptors (Lipinski definition) is 3. The molecule has 0 aromatic heterocycles. The van der Waals surface area contributed by atoms with Crippen LogP contribution in [-0.4, -0.2) is 21.9 Å². The van der Waals surface area contributed by atoms with Crippen molar-refractivity contribution < 1.29 is 14.9 Å². The third-order valence-corrected chi connectivity index (χ3v) is 4.19. The molecule has 1 atom stereocenters. The summed E-state index contributed by atoms with van der Waals surface area (Å²) < 4.78 is 5.65. The van der Waals surface area contributed by atoms with Crippen molar-refractivity contribution in [2.75, 3.05) is 0 Å². The van der Waals surface area contributed by atoms with Crippen LogP contribution in [0, 0.1) is 5.92 Å². The van der Waals surface area contributed by atoms with E-state index in [0.29, 0.717) is 18.8 Å². The van der Waals surface area contributed by atoms with Gasteiger partial charge in [0.2, 0.25) is 0 Å². The molecule has 1 aliphatic carbocycles. The fourth-order valence-electron chi connectivity index (χ4n) is 2.88. The lowest BCUT2D eigenvalue weighted by Gasteiger charge is -2.38. The predicted octanol–water partition coefficient (Wildman–Crippen LogP) is 3.45. The predicted molar refractivity (Wildman–Crippen MR) is 79.7 cm³/mol. The summed E-state index contributed by atoms with van der Waals surface area (Å²) in [6, 6.07) is 7.43. The molecule has 112 valence electrons. The minimum atomic E-state index is -0.997. The molecule has 1 aromatic carbocycles. The number of ether oxygens (including phenoxy) is 1. The zero-order valence-electron chi connectivity index (χ0n) is 12.7. The third kappa shape index (κ3) is 3.53. The van der Waals surface area contributed by atoms with Crippen molar-refractivity contribution in [3.05, 3.63) is 29.8 Å². The fraction of sp³-hybridized carbons (Fsp3) is 0.647. The van der Waals surface area contributed by atoms with Crippen molar-refractivity contribution >= 4 is 0 Å². The highest BCUT2D eigenvalue weighted by Crippen LogP contribution is 2.40. The highest BCUT2D eigenvalue weighted by molar-refractivity contribution is 5.31. The van der Waals surface area contributed by atoms with Crippen molar-refractivity contribution in [1.29, 1.82) is 0 Å². The van der Waals surface area contributed by atoms with Gasteiger partial charge in [0, 0.05) is 0 Å². The Balaban J connectivity index is 2.14. The first-order valence-corrected chi connectivity index (χ1v) is 7.58. The summed E-state index contributed by atoms with van der Waals surface area (Å²) in [6.45, 7) is 6.14. The summed E-state index contributed by atoms with van der Waals surface area (Å²) in [6.07, 6.45) is 2.51. The zero-order chi connectivity index (χ0) is 14.8. The van der Waals surface area contributed by atoms with Crippen molar-refractivity contribution in [3.63, 3.8) is 0 Å². The Kier molecular flexibility index (Phi) is 4.71. The maximum absolute atomic E-state index is 10.7. The highest BCUT2D eigenvalue weighted by Gasteiger charge is 2.39. The van der Waals surface area contributed by atoms with E-state index < -0.39 is 11.7 Å². The minimum absolute atomic E-state index is 0.0982. The van der Waals surface area contributed by atoms with E-state index in [1.807, 2.05) is 38.1 Å². The lowest BCUT2D eigenvalue weighted by Crippen LogP contribution is -2.39. The molecule has 0 aliphatic heterocycles. The molecule has 0 bridgehead atoms. The van der Waals surface area contributed by atoms with Gasteiger partial charge < -0.3 is 14.9 Å². The minimum Gasteiger partial charge on any atom is -0.491 e. The molecule has 3 nitrogen and oxygen atoms in total. The second kappa shape index (κ2) is 6.15. The molecule has 0 saturated heterocycles. The number of aliphatic hydroxyl groups is 2.